The van der Waals surface area contributed by atoms with Gasteiger partial charge in [0.2, 0.25) is 5.91 Å². The molecule has 0 spiro atoms. The number of amides is 1. The number of nitrogens with zero attached hydrogens (tertiary/aromatic N) is 1. The molecule has 0 aromatic rings. The van der Waals surface area contributed by atoms with Gasteiger partial charge in [0.25, 0.3) is 0 Å². The van der Waals surface area contributed by atoms with Crippen LogP contribution in [0.4, 0.5) is 0 Å². The van der Waals surface area contributed by atoms with Crippen LogP contribution in [-0.2, 0) is 4.79 Å². The predicted octanol–water partition coefficient (Wildman–Crippen LogP) is 3.01. The molecule has 0 aromatic carbocycles. The molecular formula is C16H30N2O2. The van der Waals surface area contributed by atoms with E-state index < -0.39 is 5.41 Å². The first kappa shape index (κ1) is 18.9. The van der Waals surface area contributed by atoms with E-state index >= 15 is 0 Å². The summed E-state index contributed by atoms with van der Waals surface area (Å²) in [4.78, 5) is 12.6. The van der Waals surface area contributed by atoms with Gasteiger partial charge >= 0.3 is 0 Å². The average Bonchev–Trinajstić information content (AvgIpc) is 2.36. The van der Waals surface area contributed by atoms with Crippen LogP contribution in [0, 0.1) is 22.2 Å². The molecule has 0 heterocycles. The van der Waals surface area contributed by atoms with Crippen LogP contribution in [0.15, 0.2) is 0 Å². The fraction of sp³-hybridized carbons (Fsp3) is 0.875. The van der Waals surface area contributed by atoms with Gasteiger partial charge in [-0.3, -0.25) is 4.79 Å². The fourth-order valence-corrected chi connectivity index (χ4v) is 2.52. The highest BCUT2D eigenvalue weighted by Crippen LogP contribution is 2.31. The van der Waals surface area contributed by atoms with Gasteiger partial charge in [-0.05, 0) is 24.7 Å². The van der Waals surface area contributed by atoms with Crippen LogP contribution in [0.1, 0.15) is 66.7 Å². The summed E-state index contributed by atoms with van der Waals surface area (Å²) in [5.41, 5.74) is -1.07. The van der Waals surface area contributed by atoms with Crippen molar-refractivity contribution in [1.29, 1.82) is 5.26 Å². The van der Waals surface area contributed by atoms with Crippen molar-refractivity contribution >= 4 is 5.91 Å². The first-order valence-electron chi connectivity index (χ1n) is 7.60. The summed E-state index contributed by atoms with van der Waals surface area (Å²) >= 11 is 0. The van der Waals surface area contributed by atoms with Crippen molar-refractivity contribution in [2.45, 2.75) is 72.8 Å². The fourth-order valence-electron chi connectivity index (χ4n) is 2.52. The maximum atomic E-state index is 12.6. The second kappa shape index (κ2) is 8.26. The van der Waals surface area contributed by atoms with Gasteiger partial charge in [0, 0.05) is 12.6 Å². The summed E-state index contributed by atoms with van der Waals surface area (Å²) in [6.07, 6.45) is 3.29. The van der Waals surface area contributed by atoms with Gasteiger partial charge in [-0.1, -0.05) is 47.5 Å². The van der Waals surface area contributed by atoms with Crippen LogP contribution in [0.5, 0.6) is 0 Å². The van der Waals surface area contributed by atoms with E-state index in [1.54, 1.807) is 0 Å². The highest BCUT2D eigenvalue weighted by molar-refractivity contribution is 5.85. The quantitative estimate of drug-likeness (QED) is 0.718. The summed E-state index contributed by atoms with van der Waals surface area (Å²) in [7, 11) is 0. The van der Waals surface area contributed by atoms with Crippen LogP contribution in [0.3, 0.4) is 0 Å². The number of nitriles is 1. The smallest absolute Gasteiger partial charge is 0.240 e. The Morgan fingerprint density at radius 1 is 1.25 bits per heavy atom. The molecule has 0 aliphatic rings. The molecule has 20 heavy (non-hydrogen) atoms. The molecule has 0 aromatic heterocycles. The molecule has 116 valence electrons. The normalized spacial score (nSPS) is 13.7. The third kappa shape index (κ3) is 5.13. The summed E-state index contributed by atoms with van der Waals surface area (Å²) in [6, 6.07) is 2.12. The van der Waals surface area contributed by atoms with Gasteiger partial charge in [0.1, 0.15) is 5.41 Å². The molecule has 1 amide bonds. The van der Waals surface area contributed by atoms with Crippen molar-refractivity contribution in [1.82, 2.24) is 5.32 Å². The van der Waals surface area contributed by atoms with Gasteiger partial charge in [-0.15, -0.1) is 0 Å². The first-order valence-corrected chi connectivity index (χ1v) is 7.60. The second-order valence-electron chi connectivity index (χ2n) is 6.60. The molecule has 4 heteroatoms. The maximum absolute atomic E-state index is 12.6. The minimum absolute atomic E-state index is 0.0311. The number of carbonyl (C=O) groups excluding carboxylic acids is 1. The highest BCUT2D eigenvalue weighted by atomic mass is 16.3. The van der Waals surface area contributed by atoms with Crippen molar-refractivity contribution in [3.63, 3.8) is 0 Å². The number of aliphatic hydroxyl groups is 1. The molecule has 1 unspecified atom stereocenters. The van der Waals surface area contributed by atoms with Crippen molar-refractivity contribution in [2.24, 2.45) is 10.8 Å². The molecule has 0 fully saturated rings. The molecule has 0 saturated carbocycles. The Morgan fingerprint density at radius 3 is 2.05 bits per heavy atom. The van der Waals surface area contributed by atoms with E-state index in [0.29, 0.717) is 19.3 Å². The lowest BCUT2D eigenvalue weighted by Crippen LogP contribution is -2.50. The summed E-state index contributed by atoms with van der Waals surface area (Å²) in [5.74, 6) is -0.183. The molecule has 0 aliphatic heterocycles. The zero-order valence-corrected chi connectivity index (χ0v) is 13.6. The van der Waals surface area contributed by atoms with E-state index in [1.807, 2.05) is 34.6 Å². The molecule has 1 atom stereocenters. The Labute approximate surface area is 123 Å². The molecule has 2 N–H and O–H groups in total. The van der Waals surface area contributed by atoms with Gasteiger partial charge < -0.3 is 10.4 Å². The highest BCUT2D eigenvalue weighted by Gasteiger charge is 2.39. The van der Waals surface area contributed by atoms with E-state index in [2.05, 4.69) is 11.4 Å². The van der Waals surface area contributed by atoms with Crippen LogP contribution < -0.4 is 5.32 Å². The first-order chi connectivity index (χ1) is 9.27. The zero-order chi connectivity index (χ0) is 15.8. The Bertz CT molecular complexity index is 333. The minimum atomic E-state index is -0.928. The Kier molecular flexibility index (Phi) is 7.82. The molecular weight excluding hydrogens is 252 g/mol. The van der Waals surface area contributed by atoms with Crippen LogP contribution >= 0.6 is 0 Å². The average molecular weight is 282 g/mol. The predicted molar refractivity (Wildman–Crippen MR) is 81.0 cm³/mol. The summed E-state index contributed by atoms with van der Waals surface area (Å²) < 4.78 is 0. The van der Waals surface area contributed by atoms with Gasteiger partial charge in [-0.2, -0.15) is 5.26 Å². The Balaban J connectivity index is 5.12. The Morgan fingerprint density at radius 2 is 1.75 bits per heavy atom. The van der Waals surface area contributed by atoms with Gasteiger partial charge in [0.05, 0.1) is 6.07 Å². The molecule has 0 radical (unpaired) electrons. The number of carbonyl (C=O) groups is 1. The molecule has 4 nitrogen and oxygen atoms in total. The monoisotopic (exact) mass is 282 g/mol. The zero-order valence-electron chi connectivity index (χ0n) is 13.6. The molecule has 0 saturated heterocycles. The van der Waals surface area contributed by atoms with E-state index in [0.717, 1.165) is 12.8 Å². The van der Waals surface area contributed by atoms with Crippen molar-refractivity contribution in [3.8, 4) is 6.07 Å². The SMILES string of the molecule is CCCC(C#N)(CCC)C(=O)NC(CCO)C(C)(C)C. The molecule has 0 rings (SSSR count). The van der Waals surface area contributed by atoms with Crippen LogP contribution in [0.25, 0.3) is 0 Å². The van der Waals surface area contributed by atoms with Gasteiger partial charge in [0.15, 0.2) is 0 Å². The summed E-state index contributed by atoms with van der Waals surface area (Å²) in [6.45, 7) is 10.1. The lowest BCUT2D eigenvalue weighted by molar-refractivity contribution is -0.130. The van der Waals surface area contributed by atoms with E-state index in [4.69, 9.17) is 5.11 Å². The largest absolute Gasteiger partial charge is 0.396 e. The van der Waals surface area contributed by atoms with E-state index in [-0.39, 0.29) is 24.0 Å². The lowest BCUT2D eigenvalue weighted by atomic mass is 9.78. The Hall–Kier alpha value is -1.08. The minimum Gasteiger partial charge on any atom is -0.396 e. The number of rotatable bonds is 8. The number of hydrogen-bond acceptors (Lipinski definition) is 3. The molecule has 0 bridgehead atoms. The van der Waals surface area contributed by atoms with Crippen molar-refractivity contribution < 1.29 is 9.90 Å². The van der Waals surface area contributed by atoms with Crippen molar-refractivity contribution in [2.75, 3.05) is 6.61 Å². The molecule has 0 aliphatic carbocycles. The second-order valence-corrected chi connectivity index (χ2v) is 6.60. The van der Waals surface area contributed by atoms with Crippen LogP contribution in [0.2, 0.25) is 0 Å². The standard InChI is InChI=1S/C16H30N2O2/c1-6-9-16(12-17,10-7-2)14(20)18-13(8-11-19)15(3,4)5/h13,19H,6-11H2,1-5H3,(H,18,20). The van der Waals surface area contributed by atoms with Crippen LogP contribution in [-0.4, -0.2) is 23.7 Å². The van der Waals surface area contributed by atoms with Gasteiger partial charge in [-0.25, -0.2) is 0 Å². The van der Waals surface area contributed by atoms with E-state index in [9.17, 15) is 10.1 Å². The number of nitrogens with one attached hydrogen (secondary N) is 1. The summed E-state index contributed by atoms with van der Waals surface area (Å²) in [5, 5.41) is 21.7. The third-order valence-electron chi connectivity index (χ3n) is 3.77. The maximum Gasteiger partial charge on any atom is 0.240 e. The van der Waals surface area contributed by atoms with E-state index in [1.165, 1.54) is 0 Å². The topological polar surface area (TPSA) is 73.1 Å². The number of aliphatic hydroxyl groups excluding tert-OH is 1. The third-order valence-corrected chi connectivity index (χ3v) is 3.77. The van der Waals surface area contributed by atoms with Crippen molar-refractivity contribution in [3.05, 3.63) is 0 Å². The number of hydrogen-bond donors (Lipinski definition) is 2. The lowest BCUT2D eigenvalue weighted by Gasteiger charge is -2.34.